The molecule has 0 aliphatic heterocycles. The molecule has 0 aromatic heterocycles. The zero-order valence-corrected chi connectivity index (χ0v) is 12.2. The molecule has 0 saturated carbocycles. The van der Waals surface area contributed by atoms with Gasteiger partial charge in [0.2, 0.25) is 0 Å². The van der Waals surface area contributed by atoms with Crippen molar-refractivity contribution in [1.82, 2.24) is 0 Å². The van der Waals surface area contributed by atoms with E-state index in [-0.39, 0.29) is 0 Å². The minimum absolute atomic E-state index is 0.794. The highest BCUT2D eigenvalue weighted by Gasteiger charge is 1.97. The smallest absolute Gasteiger partial charge is 0.0405 e. The molecule has 1 heteroatoms. The Kier molecular flexibility index (Phi) is 5.40. The summed E-state index contributed by atoms with van der Waals surface area (Å²) in [6, 6.07) is 28.4. The van der Waals surface area contributed by atoms with Crippen molar-refractivity contribution in [2.75, 3.05) is 0 Å². The van der Waals surface area contributed by atoms with Crippen LogP contribution in [-0.2, 0) is 0 Å². The molecule has 20 heavy (non-hydrogen) atoms. The number of benzene rings is 3. The van der Waals surface area contributed by atoms with Gasteiger partial charge in [0.25, 0.3) is 0 Å². The van der Waals surface area contributed by atoms with Gasteiger partial charge in [0.1, 0.15) is 0 Å². The third-order valence-electron chi connectivity index (χ3n) is 2.96. The number of hydrogen-bond donors (Lipinski definition) is 0. The Morgan fingerprint density at radius 1 is 0.600 bits per heavy atom. The Bertz CT molecular complexity index is 630. The van der Waals surface area contributed by atoms with Crippen LogP contribution >= 0.6 is 11.6 Å². The Hall–Kier alpha value is -2.05. The molecule has 0 heterocycles. The van der Waals surface area contributed by atoms with Crippen LogP contribution in [0.3, 0.4) is 0 Å². The van der Waals surface area contributed by atoms with E-state index in [2.05, 4.69) is 55.5 Å². The van der Waals surface area contributed by atoms with Gasteiger partial charge in [-0.05, 0) is 35.7 Å². The molecule has 0 atom stereocenters. The summed E-state index contributed by atoms with van der Waals surface area (Å²) in [5, 5.41) is 0.794. The minimum atomic E-state index is 0.794. The maximum Gasteiger partial charge on any atom is 0.0405 e. The summed E-state index contributed by atoms with van der Waals surface area (Å²) in [6.45, 7) is 2.14. The lowest BCUT2D eigenvalue weighted by molar-refractivity contribution is 1.46. The Morgan fingerprint density at radius 2 is 1.10 bits per heavy atom. The van der Waals surface area contributed by atoms with Gasteiger partial charge in [-0.25, -0.2) is 0 Å². The maximum atomic E-state index is 5.54. The van der Waals surface area contributed by atoms with Crippen LogP contribution in [0.4, 0.5) is 0 Å². The van der Waals surface area contributed by atoms with E-state index in [9.17, 15) is 0 Å². The van der Waals surface area contributed by atoms with Gasteiger partial charge in [-0.3, -0.25) is 0 Å². The molecule has 0 fully saturated rings. The maximum absolute atomic E-state index is 5.54. The Balaban J connectivity index is 0.000000178. The molecule has 0 saturated heterocycles. The lowest BCUT2D eigenvalue weighted by Crippen LogP contribution is -1.80. The van der Waals surface area contributed by atoms with Crippen LogP contribution in [0.2, 0.25) is 5.02 Å². The van der Waals surface area contributed by atoms with Crippen molar-refractivity contribution in [3.05, 3.63) is 95.5 Å². The number of hydrogen-bond acceptors (Lipinski definition) is 0. The van der Waals surface area contributed by atoms with Crippen LogP contribution in [0, 0.1) is 6.92 Å². The van der Waals surface area contributed by atoms with E-state index in [0.29, 0.717) is 0 Å². The number of rotatable bonds is 1. The van der Waals surface area contributed by atoms with E-state index in [4.69, 9.17) is 11.6 Å². The van der Waals surface area contributed by atoms with Crippen LogP contribution in [0.25, 0.3) is 11.1 Å². The number of halogens is 1. The SMILES string of the molecule is Cc1ccccc1-c1ccccc1.Clc1ccccc1. The summed E-state index contributed by atoms with van der Waals surface area (Å²) in [5.74, 6) is 0. The molecule has 3 aromatic rings. The zero-order chi connectivity index (χ0) is 14.2. The lowest BCUT2D eigenvalue weighted by atomic mass is 10.0. The van der Waals surface area contributed by atoms with Crippen LogP contribution in [0.5, 0.6) is 0 Å². The van der Waals surface area contributed by atoms with E-state index < -0.39 is 0 Å². The van der Waals surface area contributed by atoms with E-state index in [1.165, 1.54) is 16.7 Å². The van der Waals surface area contributed by atoms with Crippen LogP contribution in [0.15, 0.2) is 84.9 Å². The second-order valence-electron chi connectivity index (χ2n) is 4.48. The first kappa shape index (κ1) is 14.4. The normalized spacial score (nSPS) is 9.50. The average Bonchev–Trinajstić information content (AvgIpc) is 2.50. The van der Waals surface area contributed by atoms with Gasteiger partial charge in [0.15, 0.2) is 0 Å². The highest BCUT2D eigenvalue weighted by molar-refractivity contribution is 6.30. The monoisotopic (exact) mass is 280 g/mol. The third kappa shape index (κ3) is 4.25. The molecule has 3 aromatic carbocycles. The molecule has 0 unspecified atom stereocenters. The minimum Gasteiger partial charge on any atom is -0.0843 e. The first-order valence-corrected chi connectivity index (χ1v) is 6.97. The van der Waals surface area contributed by atoms with Gasteiger partial charge in [-0.15, -0.1) is 0 Å². The van der Waals surface area contributed by atoms with E-state index in [1.807, 2.05) is 36.4 Å². The summed E-state index contributed by atoms with van der Waals surface area (Å²) in [4.78, 5) is 0. The predicted octanol–water partition coefficient (Wildman–Crippen LogP) is 6.00. The number of aryl methyl sites for hydroxylation is 1. The van der Waals surface area contributed by atoms with Crippen molar-refractivity contribution in [3.8, 4) is 11.1 Å². The quantitative estimate of drug-likeness (QED) is 0.513. The molecular weight excluding hydrogens is 264 g/mol. The van der Waals surface area contributed by atoms with E-state index in [1.54, 1.807) is 0 Å². The molecule has 0 radical (unpaired) electrons. The fourth-order valence-corrected chi connectivity index (χ4v) is 2.07. The van der Waals surface area contributed by atoms with Gasteiger partial charge in [0.05, 0.1) is 0 Å². The Labute approximate surface area is 125 Å². The summed E-state index contributed by atoms with van der Waals surface area (Å²) in [6.07, 6.45) is 0. The summed E-state index contributed by atoms with van der Waals surface area (Å²) in [5.41, 5.74) is 3.94. The van der Waals surface area contributed by atoms with Gasteiger partial charge in [-0.1, -0.05) is 84.4 Å². The van der Waals surface area contributed by atoms with Crippen LogP contribution in [0.1, 0.15) is 5.56 Å². The molecule has 0 aliphatic carbocycles. The van der Waals surface area contributed by atoms with Crippen LogP contribution in [-0.4, -0.2) is 0 Å². The lowest BCUT2D eigenvalue weighted by Gasteiger charge is -2.04. The second-order valence-corrected chi connectivity index (χ2v) is 4.91. The zero-order valence-electron chi connectivity index (χ0n) is 11.5. The van der Waals surface area contributed by atoms with E-state index >= 15 is 0 Å². The van der Waals surface area contributed by atoms with Gasteiger partial charge >= 0.3 is 0 Å². The summed E-state index contributed by atoms with van der Waals surface area (Å²) >= 11 is 5.54. The fourth-order valence-electron chi connectivity index (χ4n) is 1.93. The van der Waals surface area contributed by atoms with Crippen LogP contribution < -0.4 is 0 Å². The third-order valence-corrected chi connectivity index (χ3v) is 3.21. The van der Waals surface area contributed by atoms with Gasteiger partial charge in [-0.2, -0.15) is 0 Å². The molecule has 3 rings (SSSR count). The molecule has 0 N–H and O–H groups in total. The standard InChI is InChI=1S/C13H12.C6H5Cl/c1-11-7-5-6-10-13(11)12-8-3-2-4-9-12;7-6-4-2-1-3-5-6/h2-10H,1H3;1-5H. The summed E-state index contributed by atoms with van der Waals surface area (Å²) in [7, 11) is 0. The Morgan fingerprint density at radius 3 is 1.60 bits per heavy atom. The molecule has 0 bridgehead atoms. The fraction of sp³-hybridized carbons (Fsp3) is 0.0526. The molecule has 0 aliphatic rings. The molecule has 0 nitrogen and oxygen atoms in total. The molecule has 100 valence electrons. The highest BCUT2D eigenvalue weighted by Crippen LogP contribution is 2.21. The summed E-state index contributed by atoms with van der Waals surface area (Å²) < 4.78 is 0. The topological polar surface area (TPSA) is 0 Å². The average molecular weight is 281 g/mol. The first-order chi connectivity index (χ1) is 9.77. The van der Waals surface area contributed by atoms with E-state index in [0.717, 1.165) is 5.02 Å². The van der Waals surface area contributed by atoms with Gasteiger partial charge in [0, 0.05) is 5.02 Å². The van der Waals surface area contributed by atoms with Gasteiger partial charge < -0.3 is 0 Å². The van der Waals surface area contributed by atoms with Crippen molar-refractivity contribution in [2.24, 2.45) is 0 Å². The van der Waals surface area contributed by atoms with Crippen molar-refractivity contribution in [1.29, 1.82) is 0 Å². The second kappa shape index (κ2) is 7.52. The molecular formula is C19H17Cl. The molecule has 0 amide bonds. The van der Waals surface area contributed by atoms with Crippen molar-refractivity contribution >= 4 is 11.6 Å². The van der Waals surface area contributed by atoms with Crippen molar-refractivity contribution in [3.63, 3.8) is 0 Å². The van der Waals surface area contributed by atoms with Crippen molar-refractivity contribution < 1.29 is 0 Å². The van der Waals surface area contributed by atoms with Crippen molar-refractivity contribution in [2.45, 2.75) is 6.92 Å². The predicted molar refractivity (Wildman–Crippen MR) is 88.1 cm³/mol. The first-order valence-electron chi connectivity index (χ1n) is 6.59. The molecule has 0 spiro atoms. The highest BCUT2D eigenvalue weighted by atomic mass is 35.5. The largest absolute Gasteiger partial charge is 0.0843 e.